The van der Waals surface area contributed by atoms with E-state index in [1.54, 1.807) is 0 Å². The largest absolute Gasteiger partial charge is 0.466 e. The Balaban J connectivity index is 1.22. The number of hydrogen-bond acceptors (Lipinski definition) is 3. The third kappa shape index (κ3) is 5.77. The Hall–Kier alpha value is -6.26. The molecule has 3 aliphatic carbocycles. The van der Waals surface area contributed by atoms with Gasteiger partial charge >= 0.3 is 6.85 Å². The summed E-state index contributed by atoms with van der Waals surface area (Å²) in [4.78, 5) is 5.30. The fourth-order valence-electron chi connectivity index (χ4n) is 13.8. The molecule has 0 saturated carbocycles. The molecule has 0 amide bonds. The van der Waals surface area contributed by atoms with Crippen molar-refractivity contribution in [2.75, 3.05) is 9.71 Å². The lowest BCUT2D eigenvalue weighted by atomic mass is 9.45. The fourth-order valence-corrected chi connectivity index (χ4v) is 13.8. The third-order valence-electron chi connectivity index (χ3n) is 18.0. The van der Waals surface area contributed by atoms with Crippen molar-refractivity contribution in [3.63, 3.8) is 0 Å². The lowest BCUT2D eigenvalue weighted by molar-refractivity contribution is 0.332. The molecule has 0 spiro atoms. The second-order valence-electron chi connectivity index (χ2n) is 26.0. The first-order valence-electron chi connectivity index (χ1n) is 26.0. The minimum Gasteiger partial charge on any atom is -0.466 e. The van der Waals surface area contributed by atoms with Crippen molar-refractivity contribution >= 4 is 57.4 Å². The average Bonchev–Trinajstić information content (AvgIpc) is 3.88. The van der Waals surface area contributed by atoms with Crippen LogP contribution in [-0.2, 0) is 32.5 Å². The zero-order valence-electron chi connectivity index (χ0n) is 43.9. The van der Waals surface area contributed by atoms with Gasteiger partial charge < -0.3 is 14.1 Å². The van der Waals surface area contributed by atoms with Crippen molar-refractivity contribution in [2.24, 2.45) is 0 Å². The van der Waals surface area contributed by atoms with Crippen LogP contribution in [0.4, 0.5) is 28.4 Å². The summed E-state index contributed by atoms with van der Waals surface area (Å²) >= 11 is 0. The standard InChI is InChI=1S/C66H67BN2O/c1-61(2,3)38-23-27-40(28-24-38)68-54-35-45-43-20-16-18-22-49(43)66(13,14)57(45)56-46-33-44-42-19-15-17-21-48(42)65(11,12)50(44)36-53(46)69(41-29-25-39(26-30-41)62(4,5)6)67(58(54)56)60-59(68)47-34-51-52(37-55(47)70-60)64(9,10)32-31-63(51,7)8/h15-30,33-37H,31-32H2,1-14H3. The Morgan fingerprint density at radius 1 is 0.486 bits per heavy atom. The first-order valence-corrected chi connectivity index (χ1v) is 26.0. The fraction of sp³-hybridized carbons (Fsp3) is 0.333. The molecule has 0 bridgehead atoms. The van der Waals surface area contributed by atoms with Crippen LogP contribution in [0, 0.1) is 0 Å². The highest BCUT2D eigenvalue weighted by Crippen LogP contribution is 2.61. The van der Waals surface area contributed by atoms with E-state index in [9.17, 15) is 0 Å². The summed E-state index contributed by atoms with van der Waals surface area (Å²) in [5.74, 6) is 0. The number of hydrogen-bond donors (Lipinski definition) is 0. The normalized spacial score (nSPS) is 18.1. The van der Waals surface area contributed by atoms with E-state index >= 15 is 0 Å². The summed E-state index contributed by atoms with van der Waals surface area (Å²) in [6.45, 7) is 33.2. The Bertz CT molecular complexity index is 3570. The minimum absolute atomic E-state index is 0.0102. The van der Waals surface area contributed by atoms with E-state index in [0.29, 0.717) is 0 Å². The molecule has 0 fully saturated rings. The van der Waals surface area contributed by atoms with Gasteiger partial charge in [0.05, 0.1) is 5.69 Å². The van der Waals surface area contributed by atoms with Gasteiger partial charge in [0.2, 0.25) is 0 Å². The molecule has 1 aromatic heterocycles. The van der Waals surface area contributed by atoms with Gasteiger partial charge in [-0.2, -0.15) is 0 Å². The molecule has 3 nitrogen and oxygen atoms in total. The molecule has 70 heavy (non-hydrogen) atoms. The topological polar surface area (TPSA) is 19.6 Å². The molecule has 3 heterocycles. The second-order valence-corrected chi connectivity index (χ2v) is 26.0. The number of furan rings is 1. The van der Waals surface area contributed by atoms with Gasteiger partial charge in [-0.3, -0.25) is 0 Å². The minimum atomic E-state index is -0.269. The number of anilines is 5. The molecule has 13 rings (SSSR count). The summed E-state index contributed by atoms with van der Waals surface area (Å²) in [6, 6.07) is 50.1. The summed E-state index contributed by atoms with van der Waals surface area (Å²) in [5, 5.41) is 1.19. The maximum Gasteiger partial charge on any atom is 0.375 e. The van der Waals surface area contributed by atoms with E-state index in [2.05, 4.69) is 234 Å². The molecular weight excluding hydrogens is 848 g/mol. The van der Waals surface area contributed by atoms with Crippen LogP contribution in [0.15, 0.2) is 132 Å². The van der Waals surface area contributed by atoms with Gasteiger partial charge in [-0.25, -0.2) is 0 Å². The van der Waals surface area contributed by atoms with Crippen LogP contribution in [-0.4, -0.2) is 6.85 Å². The van der Waals surface area contributed by atoms with Crippen LogP contribution in [0.3, 0.4) is 0 Å². The molecule has 0 N–H and O–H groups in total. The van der Waals surface area contributed by atoms with Crippen molar-refractivity contribution in [2.45, 2.75) is 142 Å². The summed E-state index contributed by atoms with van der Waals surface area (Å²) in [7, 11) is 0. The van der Waals surface area contributed by atoms with Gasteiger partial charge in [0.15, 0.2) is 0 Å². The molecule has 0 radical (unpaired) electrons. The molecule has 8 aromatic rings. The monoisotopic (exact) mass is 915 g/mol. The van der Waals surface area contributed by atoms with Gasteiger partial charge in [-0.15, -0.1) is 0 Å². The van der Waals surface area contributed by atoms with Crippen LogP contribution >= 0.6 is 0 Å². The van der Waals surface area contributed by atoms with Crippen LogP contribution in [0.5, 0.6) is 0 Å². The quantitative estimate of drug-likeness (QED) is 0.161. The lowest BCUT2D eigenvalue weighted by Crippen LogP contribution is -2.61. The number of rotatable bonds is 2. The Morgan fingerprint density at radius 3 is 1.63 bits per heavy atom. The molecule has 4 heteroatoms. The highest BCUT2D eigenvalue weighted by molar-refractivity contribution is 6.93. The van der Waals surface area contributed by atoms with Gasteiger partial charge in [-0.05, 0) is 167 Å². The van der Waals surface area contributed by atoms with E-state index in [0.717, 1.165) is 35.5 Å². The van der Waals surface area contributed by atoms with Gasteiger partial charge in [0.25, 0.3) is 0 Å². The number of benzene rings is 7. The van der Waals surface area contributed by atoms with E-state index in [1.807, 2.05) is 0 Å². The number of nitrogens with zero attached hydrogens (tertiary/aromatic N) is 2. The average molecular weight is 915 g/mol. The van der Waals surface area contributed by atoms with E-state index in [4.69, 9.17) is 4.42 Å². The van der Waals surface area contributed by atoms with Crippen LogP contribution in [0.25, 0.3) is 44.3 Å². The Kier molecular flexibility index (Phi) is 8.61. The molecular formula is C66H67BN2O. The van der Waals surface area contributed by atoms with E-state index in [-0.39, 0.29) is 39.3 Å². The van der Waals surface area contributed by atoms with E-state index in [1.165, 1.54) is 106 Å². The molecule has 350 valence electrons. The molecule has 0 saturated heterocycles. The molecule has 2 aliphatic heterocycles. The lowest BCUT2D eigenvalue weighted by Gasteiger charge is -2.46. The smallest absolute Gasteiger partial charge is 0.375 e. The molecule has 7 aromatic carbocycles. The Morgan fingerprint density at radius 2 is 1.03 bits per heavy atom. The van der Waals surface area contributed by atoms with Crippen molar-refractivity contribution in [1.29, 1.82) is 0 Å². The van der Waals surface area contributed by atoms with Crippen LogP contribution < -0.4 is 20.8 Å². The van der Waals surface area contributed by atoms with E-state index < -0.39 is 0 Å². The van der Waals surface area contributed by atoms with Crippen molar-refractivity contribution in [3.05, 3.63) is 172 Å². The molecule has 0 unspecified atom stereocenters. The zero-order valence-corrected chi connectivity index (χ0v) is 43.9. The maximum absolute atomic E-state index is 7.78. The van der Waals surface area contributed by atoms with Crippen molar-refractivity contribution in [3.8, 4) is 33.4 Å². The highest BCUT2D eigenvalue weighted by Gasteiger charge is 2.53. The second kappa shape index (κ2) is 13.8. The maximum atomic E-state index is 7.78. The third-order valence-corrected chi connectivity index (χ3v) is 18.0. The van der Waals surface area contributed by atoms with Gasteiger partial charge in [-0.1, -0.05) is 170 Å². The zero-order chi connectivity index (χ0) is 49.0. The summed E-state index contributed by atoms with van der Waals surface area (Å²) < 4.78 is 7.78. The Labute approximate surface area is 417 Å². The first kappa shape index (κ1) is 43.7. The van der Waals surface area contributed by atoms with Gasteiger partial charge in [0, 0.05) is 44.5 Å². The van der Waals surface area contributed by atoms with Crippen LogP contribution in [0.1, 0.15) is 154 Å². The van der Waals surface area contributed by atoms with Crippen LogP contribution in [0.2, 0.25) is 0 Å². The first-order chi connectivity index (χ1) is 33.0. The SMILES string of the molecule is CC(C)(C)c1ccc(N2B3c4oc5cc6c(cc5c4N(c4ccc(C(C)(C)C)cc4)c4cc5c(c(c43)-c3cc4c(cc32)C(C)(C)c2ccccc2-4)C(C)(C)c2ccccc2-5)C(C)(C)CCC6(C)C)cc1. The summed E-state index contributed by atoms with van der Waals surface area (Å²) in [5.41, 5.74) is 27.9. The summed E-state index contributed by atoms with van der Waals surface area (Å²) in [6.07, 6.45) is 2.29. The highest BCUT2D eigenvalue weighted by atomic mass is 16.3. The van der Waals surface area contributed by atoms with Crippen molar-refractivity contribution < 1.29 is 4.42 Å². The molecule has 5 aliphatic rings. The molecule has 0 atom stereocenters. The predicted molar refractivity (Wildman–Crippen MR) is 298 cm³/mol. The number of fused-ring (bicyclic) bond motifs is 14. The van der Waals surface area contributed by atoms with Crippen molar-refractivity contribution in [1.82, 2.24) is 0 Å². The van der Waals surface area contributed by atoms with Gasteiger partial charge in [0.1, 0.15) is 11.2 Å². The predicted octanol–water partition coefficient (Wildman–Crippen LogP) is 16.7.